The van der Waals surface area contributed by atoms with E-state index in [1.54, 1.807) is 18.3 Å². The molecule has 0 radical (unpaired) electrons. The van der Waals surface area contributed by atoms with Gasteiger partial charge in [0, 0.05) is 25.5 Å². The summed E-state index contributed by atoms with van der Waals surface area (Å²) >= 11 is 6.15. The van der Waals surface area contributed by atoms with Gasteiger partial charge in [-0.05, 0) is 13.0 Å². The van der Waals surface area contributed by atoms with Gasteiger partial charge in [-0.1, -0.05) is 11.6 Å². The van der Waals surface area contributed by atoms with Crippen molar-refractivity contribution in [3.63, 3.8) is 0 Å². The minimum atomic E-state index is -0.297. The molecule has 0 fully saturated rings. The molecule has 20 heavy (non-hydrogen) atoms. The Morgan fingerprint density at radius 3 is 2.75 bits per heavy atom. The van der Waals surface area contributed by atoms with Crippen LogP contribution in [-0.4, -0.2) is 16.7 Å². The Kier molecular flexibility index (Phi) is 4.16. The molecular formula is C14H14ClN3O2. The number of nitrogens with zero attached hydrogens (tertiary/aromatic N) is 3. The summed E-state index contributed by atoms with van der Waals surface area (Å²) in [6.07, 6.45) is 3.24. The summed E-state index contributed by atoms with van der Waals surface area (Å²) in [6, 6.07) is 5.16. The average Bonchev–Trinajstić information content (AvgIpc) is 2.86. The van der Waals surface area contributed by atoms with Crippen LogP contribution in [0.5, 0.6) is 11.5 Å². The van der Waals surface area contributed by atoms with Crippen molar-refractivity contribution in [1.29, 1.82) is 5.26 Å². The summed E-state index contributed by atoms with van der Waals surface area (Å²) in [5.74, 6) is 1.60. The summed E-state index contributed by atoms with van der Waals surface area (Å²) in [5.41, 5.74) is 0.420. The molecule has 0 N–H and O–H groups in total. The van der Waals surface area contributed by atoms with Crippen molar-refractivity contribution in [3.8, 4) is 17.6 Å². The molecule has 0 saturated heterocycles. The smallest absolute Gasteiger partial charge is 0.180 e. The van der Waals surface area contributed by atoms with Crippen LogP contribution in [-0.2, 0) is 7.05 Å². The van der Waals surface area contributed by atoms with E-state index in [9.17, 15) is 0 Å². The number of hydrogen-bond acceptors (Lipinski definition) is 4. The SMILES string of the molecule is COc1cc(C#N)cc(Cl)c1OC(C)c1nccn1C. The van der Waals surface area contributed by atoms with Gasteiger partial charge in [0.25, 0.3) is 0 Å². The first kappa shape index (κ1) is 14.2. The van der Waals surface area contributed by atoms with Crippen LogP contribution in [0.1, 0.15) is 24.4 Å². The topological polar surface area (TPSA) is 60.1 Å². The van der Waals surface area contributed by atoms with Gasteiger partial charge in [-0.3, -0.25) is 0 Å². The zero-order valence-electron chi connectivity index (χ0n) is 11.4. The van der Waals surface area contributed by atoms with Crippen molar-refractivity contribution in [2.24, 2.45) is 7.05 Å². The first-order valence-corrected chi connectivity index (χ1v) is 6.36. The van der Waals surface area contributed by atoms with Gasteiger partial charge in [0.05, 0.1) is 23.8 Å². The fraction of sp³-hybridized carbons (Fsp3) is 0.286. The Balaban J connectivity index is 2.34. The third-order valence-corrected chi connectivity index (χ3v) is 3.16. The molecule has 0 amide bonds. The highest BCUT2D eigenvalue weighted by Gasteiger charge is 2.18. The first-order valence-electron chi connectivity index (χ1n) is 5.98. The number of rotatable bonds is 4. The fourth-order valence-electron chi connectivity index (χ4n) is 1.90. The van der Waals surface area contributed by atoms with E-state index >= 15 is 0 Å². The van der Waals surface area contributed by atoms with E-state index < -0.39 is 0 Å². The fourth-order valence-corrected chi connectivity index (χ4v) is 2.15. The Morgan fingerprint density at radius 2 is 2.20 bits per heavy atom. The number of nitriles is 1. The van der Waals surface area contributed by atoms with Crippen LogP contribution < -0.4 is 9.47 Å². The second-order valence-corrected chi connectivity index (χ2v) is 4.66. The molecule has 0 spiro atoms. The van der Waals surface area contributed by atoms with Gasteiger partial charge in [-0.2, -0.15) is 5.26 Å². The van der Waals surface area contributed by atoms with Gasteiger partial charge in [-0.25, -0.2) is 4.98 Å². The van der Waals surface area contributed by atoms with Gasteiger partial charge in [-0.15, -0.1) is 0 Å². The molecule has 1 atom stereocenters. The molecule has 1 aromatic carbocycles. The number of hydrogen-bond donors (Lipinski definition) is 0. The molecule has 0 aliphatic rings. The van der Waals surface area contributed by atoms with E-state index in [2.05, 4.69) is 4.98 Å². The van der Waals surface area contributed by atoms with E-state index in [1.807, 2.05) is 30.8 Å². The lowest BCUT2D eigenvalue weighted by Crippen LogP contribution is -2.10. The molecule has 0 bridgehead atoms. The number of aromatic nitrogens is 2. The maximum Gasteiger partial charge on any atom is 0.180 e. The lowest BCUT2D eigenvalue weighted by Gasteiger charge is -2.18. The molecule has 1 heterocycles. The van der Waals surface area contributed by atoms with Gasteiger partial charge in [0.2, 0.25) is 0 Å². The van der Waals surface area contributed by atoms with Gasteiger partial charge < -0.3 is 14.0 Å². The molecule has 104 valence electrons. The third kappa shape index (κ3) is 2.70. The summed E-state index contributed by atoms with van der Waals surface area (Å²) < 4.78 is 12.9. The van der Waals surface area contributed by atoms with Crippen LogP contribution in [0.4, 0.5) is 0 Å². The highest BCUT2D eigenvalue weighted by molar-refractivity contribution is 6.32. The normalized spacial score (nSPS) is 11.8. The number of ether oxygens (including phenoxy) is 2. The second kappa shape index (κ2) is 5.85. The molecule has 0 aliphatic carbocycles. The highest BCUT2D eigenvalue weighted by atomic mass is 35.5. The molecule has 2 aromatic rings. The van der Waals surface area contributed by atoms with Crippen molar-refractivity contribution >= 4 is 11.6 Å². The van der Waals surface area contributed by atoms with Gasteiger partial charge in [0.15, 0.2) is 17.6 Å². The number of methoxy groups -OCH3 is 1. The quantitative estimate of drug-likeness (QED) is 0.868. The van der Waals surface area contributed by atoms with Crippen LogP contribution in [0, 0.1) is 11.3 Å². The zero-order chi connectivity index (χ0) is 14.7. The van der Waals surface area contributed by atoms with Crippen LogP contribution in [0.3, 0.4) is 0 Å². The number of benzene rings is 1. The van der Waals surface area contributed by atoms with E-state index in [-0.39, 0.29) is 6.10 Å². The average molecular weight is 292 g/mol. The molecule has 5 nitrogen and oxygen atoms in total. The molecule has 0 aliphatic heterocycles. The number of halogens is 1. The monoisotopic (exact) mass is 291 g/mol. The van der Waals surface area contributed by atoms with Crippen molar-refractivity contribution in [1.82, 2.24) is 9.55 Å². The molecule has 0 saturated carbocycles. The lowest BCUT2D eigenvalue weighted by atomic mass is 10.2. The largest absolute Gasteiger partial charge is 0.493 e. The molecule has 2 rings (SSSR count). The van der Waals surface area contributed by atoms with E-state index in [0.717, 1.165) is 5.82 Å². The Labute approximate surface area is 122 Å². The highest BCUT2D eigenvalue weighted by Crippen LogP contribution is 2.38. The minimum absolute atomic E-state index is 0.297. The third-order valence-electron chi connectivity index (χ3n) is 2.88. The maximum absolute atomic E-state index is 8.92. The van der Waals surface area contributed by atoms with Crippen LogP contribution in [0.15, 0.2) is 24.5 Å². The zero-order valence-corrected chi connectivity index (χ0v) is 12.2. The Bertz CT molecular complexity index is 661. The summed E-state index contributed by atoms with van der Waals surface area (Å²) in [7, 11) is 3.39. The predicted octanol–water partition coefficient (Wildman–Crippen LogP) is 3.09. The molecule has 1 aromatic heterocycles. The standard InChI is InChI=1S/C14H14ClN3O2/c1-9(14-17-4-5-18(14)2)20-13-11(15)6-10(8-16)7-12(13)19-3/h4-7,9H,1-3H3. The van der Waals surface area contributed by atoms with Gasteiger partial charge in [0.1, 0.15) is 5.82 Å². The van der Waals surface area contributed by atoms with Gasteiger partial charge >= 0.3 is 0 Å². The van der Waals surface area contributed by atoms with E-state index in [0.29, 0.717) is 22.1 Å². The number of aryl methyl sites for hydroxylation is 1. The maximum atomic E-state index is 8.92. The Morgan fingerprint density at radius 1 is 1.45 bits per heavy atom. The molecular weight excluding hydrogens is 278 g/mol. The second-order valence-electron chi connectivity index (χ2n) is 4.26. The number of imidazole rings is 1. The minimum Gasteiger partial charge on any atom is -0.493 e. The molecule has 1 unspecified atom stereocenters. The summed E-state index contributed by atoms with van der Waals surface area (Å²) in [4.78, 5) is 4.23. The van der Waals surface area contributed by atoms with Crippen molar-refractivity contribution < 1.29 is 9.47 Å². The van der Waals surface area contributed by atoms with Crippen LogP contribution in [0.2, 0.25) is 5.02 Å². The van der Waals surface area contributed by atoms with Crippen LogP contribution >= 0.6 is 11.6 Å². The Hall–Kier alpha value is -2.19. The summed E-state index contributed by atoms with van der Waals surface area (Å²) in [6.45, 7) is 1.87. The predicted molar refractivity (Wildman–Crippen MR) is 75.0 cm³/mol. The van der Waals surface area contributed by atoms with Crippen molar-refractivity contribution in [2.75, 3.05) is 7.11 Å². The lowest BCUT2D eigenvalue weighted by molar-refractivity contribution is 0.203. The van der Waals surface area contributed by atoms with Crippen molar-refractivity contribution in [2.45, 2.75) is 13.0 Å². The van der Waals surface area contributed by atoms with E-state index in [4.69, 9.17) is 26.3 Å². The van der Waals surface area contributed by atoms with Crippen LogP contribution in [0.25, 0.3) is 0 Å². The van der Waals surface area contributed by atoms with Crippen molar-refractivity contribution in [3.05, 3.63) is 40.9 Å². The molecule has 6 heteroatoms. The first-order chi connectivity index (χ1) is 9.56. The summed E-state index contributed by atoms with van der Waals surface area (Å²) in [5, 5.41) is 9.26. The van der Waals surface area contributed by atoms with E-state index in [1.165, 1.54) is 7.11 Å².